The number of rotatable bonds is 6. The van der Waals surface area contributed by atoms with Crippen molar-refractivity contribution in [3.8, 4) is 0 Å². The number of aromatic amines is 1. The molecule has 0 aromatic carbocycles. The molecule has 2 amide bonds. The molecule has 0 radical (unpaired) electrons. The number of pyridine rings is 1. The third kappa shape index (κ3) is 4.05. The van der Waals surface area contributed by atoms with Crippen molar-refractivity contribution in [1.29, 1.82) is 0 Å². The Hall–Kier alpha value is -3.03. The molecule has 4 rings (SSSR count). The maximum absolute atomic E-state index is 13.1. The van der Waals surface area contributed by atoms with Gasteiger partial charge in [0.2, 0.25) is 5.91 Å². The lowest BCUT2D eigenvalue weighted by Crippen LogP contribution is -2.43. The fourth-order valence-electron chi connectivity index (χ4n) is 3.30. The van der Waals surface area contributed by atoms with E-state index in [1.165, 1.54) is 6.20 Å². The van der Waals surface area contributed by atoms with Crippen molar-refractivity contribution in [3.63, 3.8) is 0 Å². The predicted octanol–water partition coefficient (Wildman–Crippen LogP) is 0.963. The number of hydrogen-bond donors (Lipinski definition) is 2. The van der Waals surface area contributed by atoms with Crippen LogP contribution >= 0.6 is 0 Å². The zero-order valence-electron chi connectivity index (χ0n) is 14.9. The molecule has 1 aliphatic carbocycles. The largest absolute Gasteiger partial charge is 0.352 e. The van der Waals surface area contributed by atoms with Gasteiger partial charge in [0.05, 0.1) is 0 Å². The molecule has 1 aliphatic heterocycles. The molecular formula is C19H21N5O3. The highest BCUT2D eigenvalue weighted by molar-refractivity contribution is 5.93. The van der Waals surface area contributed by atoms with Gasteiger partial charge < -0.3 is 15.2 Å². The normalized spacial score (nSPS) is 19.0. The maximum atomic E-state index is 13.1. The summed E-state index contributed by atoms with van der Waals surface area (Å²) in [5, 5.41) is 2.88. The second-order valence-corrected chi connectivity index (χ2v) is 7.13. The lowest BCUT2D eigenvalue weighted by Gasteiger charge is -2.25. The number of carbonyl (C=O) groups excluding carboxylic acids is 2. The molecule has 2 aromatic heterocycles. The molecule has 8 nitrogen and oxygen atoms in total. The number of nitrogens with one attached hydrogen (secondary N) is 2. The van der Waals surface area contributed by atoms with Gasteiger partial charge in [-0.05, 0) is 37.0 Å². The summed E-state index contributed by atoms with van der Waals surface area (Å²) in [6.45, 7) is 0.675. The van der Waals surface area contributed by atoms with Crippen molar-refractivity contribution in [2.24, 2.45) is 0 Å². The highest BCUT2D eigenvalue weighted by Crippen LogP contribution is 2.37. The first-order chi connectivity index (χ1) is 13.1. The Kier molecular flexibility index (Phi) is 4.70. The van der Waals surface area contributed by atoms with Crippen molar-refractivity contribution >= 4 is 11.8 Å². The molecule has 8 heteroatoms. The van der Waals surface area contributed by atoms with Crippen molar-refractivity contribution in [2.45, 2.75) is 44.2 Å². The van der Waals surface area contributed by atoms with E-state index in [0.717, 1.165) is 18.4 Å². The highest BCUT2D eigenvalue weighted by atomic mass is 16.2. The van der Waals surface area contributed by atoms with Crippen LogP contribution in [-0.2, 0) is 11.3 Å². The van der Waals surface area contributed by atoms with Crippen LogP contribution in [0.4, 0.5) is 0 Å². The van der Waals surface area contributed by atoms with E-state index in [0.29, 0.717) is 37.7 Å². The van der Waals surface area contributed by atoms with E-state index in [2.05, 4.69) is 20.3 Å². The van der Waals surface area contributed by atoms with Crippen molar-refractivity contribution in [3.05, 3.63) is 58.0 Å². The van der Waals surface area contributed by atoms with Crippen LogP contribution in [0.1, 0.15) is 53.3 Å². The first-order valence-electron chi connectivity index (χ1n) is 9.17. The van der Waals surface area contributed by atoms with Gasteiger partial charge in [0.1, 0.15) is 11.4 Å². The summed E-state index contributed by atoms with van der Waals surface area (Å²) in [6.07, 6.45) is 7.87. The van der Waals surface area contributed by atoms with Crippen molar-refractivity contribution in [2.75, 3.05) is 6.54 Å². The van der Waals surface area contributed by atoms with Gasteiger partial charge in [-0.2, -0.15) is 0 Å². The number of H-pyrrole nitrogens is 1. The Morgan fingerprint density at radius 2 is 1.96 bits per heavy atom. The average molecular weight is 367 g/mol. The monoisotopic (exact) mass is 367 g/mol. The van der Waals surface area contributed by atoms with E-state index in [-0.39, 0.29) is 23.4 Å². The Bertz CT molecular complexity index is 907. The molecule has 1 saturated heterocycles. The lowest BCUT2D eigenvalue weighted by molar-refractivity contribution is -0.119. The zero-order chi connectivity index (χ0) is 18.8. The SMILES string of the molecule is O=C1CC[C@@H](CN(Cc2ccncc2)C(=O)c2cnc(C3CC3)[nH]c2=O)N1. The molecule has 3 heterocycles. The van der Waals surface area contributed by atoms with E-state index in [1.807, 2.05) is 12.1 Å². The fraction of sp³-hybridized carbons (Fsp3) is 0.421. The summed E-state index contributed by atoms with van der Waals surface area (Å²) < 4.78 is 0. The minimum Gasteiger partial charge on any atom is -0.352 e. The standard InChI is InChI=1S/C19H21N5O3/c25-16-4-3-14(22-16)11-24(10-12-5-7-20-8-6-12)19(27)15-9-21-17(13-1-2-13)23-18(15)26/h5-9,13-14H,1-4,10-11H2,(H,22,25)(H,21,23,26)/t14-/m0/s1. The first kappa shape index (κ1) is 17.4. The van der Waals surface area contributed by atoms with Crippen molar-refractivity contribution in [1.82, 2.24) is 25.2 Å². The van der Waals surface area contributed by atoms with E-state index in [1.54, 1.807) is 17.3 Å². The minimum absolute atomic E-state index is 0.00962. The molecule has 2 aliphatic rings. The van der Waals surface area contributed by atoms with Crippen LogP contribution in [0, 0.1) is 0 Å². The van der Waals surface area contributed by atoms with Gasteiger partial charge in [-0.3, -0.25) is 19.4 Å². The molecule has 0 spiro atoms. The number of nitrogens with zero attached hydrogens (tertiary/aromatic N) is 3. The first-order valence-corrected chi connectivity index (χ1v) is 9.17. The second kappa shape index (κ2) is 7.30. The van der Waals surface area contributed by atoms with Gasteiger partial charge in [0, 0.05) is 50.1 Å². The van der Waals surface area contributed by atoms with Gasteiger partial charge in [0.25, 0.3) is 11.5 Å². The van der Waals surface area contributed by atoms with Crippen molar-refractivity contribution < 1.29 is 9.59 Å². The summed E-state index contributed by atoms with van der Waals surface area (Å²) in [5.74, 6) is 0.567. The maximum Gasteiger partial charge on any atom is 0.263 e. The van der Waals surface area contributed by atoms with Crippen LogP contribution in [0.25, 0.3) is 0 Å². The minimum atomic E-state index is -0.410. The van der Waals surface area contributed by atoms with Crippen LogP contribution in [-0.4, -0.2) is 44.3 Å². The number of aromatic nitrogens is 3. The molecule has 2 aromatic rings. The molecule has 1 atom stereocenters. The van der Waals surface area contributed by atoms with Gasteiger partial charge in [0.15, 0.2) is 0 Å². The van der Waals surface area contributed by atoms with Crippen LogP contribution in [0.3, 0.4) is 0 Å². The topological polar surface area (TPSA) is 108 Å². The average Bonchev–Trinajstić information content (AvgIpc) is 3.44. The molecule has 0 unspecified atom stereocenters. The van der Waals surface area contributed by atoms with E-state index in [4.69, 9.17) is 0 Å². The zero-order valence-corrected chi connectivity index (χ0v) is 14.9. The van der Waals surface area contributed by atoms with Gasteiger partial charge in [-0.15, -0.1) is 0 Å². The van der Waals surface area contributed by atoms with Gasteiger partial charge >= 0.3 is 0 Å². The summed E-state index contributed by atoms with van der Waals surface area (Å²) in [7, 11) is 0. The second-order valence-electron chi connectivity index (χ2n) is 7.13. The molecule has 27 heavy (non-hydrogen) atoms. The van der Waals surface area contributed by atoms with E-state index < -0.39 is 5.56 Å². The van der Waals surface area contributed by atoms with E-state index in [9.17, 15) is 14.4 Å². The fourth-order valence-corrected chi connectivity index (χ4v) is 3.30. The third-order valence-electron chi connectivity index (χ3n) is 4.95. The van der Waals surface area contributed by atoms with Crippen LogP contribution in [0.15, 0.2) is 35.5 Å². The van der Waals surface area contributed by atoms with E-state index >= 15 is 0 Å². The number of amides is 2. The Labute approximate surface area is 156 Å². The van der Waals surface area contributed by atoms with Crippen LogP contribution in [0.2, 0.25) is 0 Å². The Morgan fingerprint density at radius 3 is 2.59 bits per heavy atom. The van der Waals surface area contributed by atoms with Gasteiger partial charge in [-0.1, -0.05) is 0 Å². The number of hydrogen-bond acceptors (Lipinski definition) is 5. The van der Waals surface area contributed by atoms with Gasteiger partial charge in [-0.25, -0.2) is 4.98 Å². The summed E-state index contributed by atoms with van der Waals surface area (Å²) >= 11 is 0. The molecule has 2 fully saturated rings. The predicted molar refractivity (Wildman–Crippen MR) is 97.0 cm³/mol. The molecule has 0 bridgehead atoms. The number of carbonyl (C=O) groups is 2. The smallest absolute Gasteiger partial charge is 0.263 e. The molecule has 1 saturated carbocycles. The quantitative estimate of drug-likeness (QED) is 0.791. The van der Waals surface area contributed by atoms with Crippen LogP contribution in [0.5, 0.6) is 0 Å². The van der Waals surface area contributed by atoms with Crippen LogP contribution < -0.4 is 10.9 Å². The molecular weight excluding hydrogens is 346 g/mol. The highest BCUT2D eigenvalue weighted by Gasteiger charge is 2.29. The molecule has 2 N–H and O–H groups in total. The summed E-state index contributed by atoms with van der Waals surface area (Å²) in [4.78, 5) is 49.6. The summed E-state index contributed by atoms with van der Waals surface area (Å²) in [6, 6.07) is 3.54. The lowest BCUT2D eigenvalue weighted by atomic mass is 10.1. The Morgan fingerprint density at radius 1 is 1.19 bits per heavy atom. The third-order valence-corrected chi connectivity index (χ3v) is 4.95. The summed E-state index contributed by atoms with van der Waals surface area (Å²) in [5.41, 5.74) is 0.520. The Balaban J connectivity index is 1.57. The molecule has 140 valence electrons.